The number of ether oxygens (including phenoxy) is 1. The largest absolute Gasteiger partial charge is 0.378 e. The number of amides is 1. The van der Waals surface area contributed by atoms with Crippen LogP contribution in [0.15, 0.2) is 60.2 Å². The third-order valence-corrected chi connectivity index (χ3v) is 4.81. The molecule has 1 saturated heterocycles. The Bertz CT molecular complexity index is 1150. The number of fused-ring (bicyclic) bond motifs is 1. The number of anilines is 2. The minimum absolute atomic E-state index is 0.0640. The maximum absolute atomic E-state index is 13.1. The monoisotopic (exact) mass is 402 g/mol. The fraction of sp³-hybridized carbons (Fsp3) is 0.174. The van der Waals surface area contributed by atoms with Crippen LogP contribution in [-0.2, 0) is 9.53 Å². The van der Waals surface area contributed by atoms with E-state index in [1.54, 1.807) is 6.08 Å². The summed E-state index contributed by atoms with van der Waals surface area (Å²) in [6.45, 7) is 2.54. The summed E-state index contributed by atoms with van der Waals surface area (Å²) >= 11 is 0. The van der Waals surface area contributed by atoms with Crippen molar-refractivity contribution in [2.45, 2.75) is 0 Å². The van der Waals surface area contributed by atoms with E-state index in [0.29, 0.717) is 43.4 Å². The number of morpholine rings is 1. The third-order valence-electron chi connectivity index (χ3n) is 4.81. The molecule has 7 heteroatoms. The minimum Gasteiger partial charge on any atom is -0.378 e. The van der Waals surface area contributed by atoms with Gasteiger partial charge in [-0.3, -0.25) is 4.79 Å². The van der Waals surface area contributed by atoms with Crippen molar-refractivity contribution < 1.29 is 13.9 Å². The number of hydrogen-bond donors (Lipinski definition) is 1. The van der Waals surface area contributed by atoms with Gasteiger partial charge in [-0.15, -0.1) is 0 Å². The second-order valence-electron chi connectivity index (χ2n) is 6.82. The molecule has 3 aromatic rings. The molecule has 1 aliphatic rings. The Morgan fingerprint density at radius 3 is 2.63 bits per heavy atom. The Hall–Kier alpha value is -3.76. The first kappa shape index (κ1) is 19.6. The first-order valence-corrected chi connectivity index (χ1v) is 9.55. The van der Waals surface area contributed by atoms with Crippen LogP contribution in [0.25, 0.3) is 17.0 Å². The standard InChI is InChI=1S/C23H19FN4O2/c24-19-5-7-20(8-6-19)26-23(29)18(15-25)14-17-13-16-3-1-2-4-21(16)27-22(17)28-9-11-30-12-10-28/h1-8,13-14H,9-12H2,(H,26,29). The van der Waals surface area contributed by atoms with Gasteiger partial charge in [-0.25, -0.2) is 9.37 Å². The summed E-state index contributed by atoms with van der Waals surface area (Å²) in [5.74, 6) is -0.258. The molecule has 1 aromatic heterocycles. The summed E-state index contributed by atoms with van der Waals surface area (Å²) in [5.41, 5.74) is 1.87. The van der Waals surface area contributed by atoms with E-state index in [1.165, 1.54) is 24.3 Å². The molecule has 30 heavy (non-hydrogen) atoms. The van der Waals surface area contributed by atoms with Crippen LogP contribution in [0.3, 0.4) is 0 Å². The highest BCUT2D eigenvalue weighted by molar-refractivity contribution is 6.10. The zero-order chi connectivity index (χ0) is 20.9. The molecule has 2 aromatic carbocycles. The number of pyridine rings is 1. The van der Waals surface area contributed by atoms with E-state index < -0.39 is 11.7 Å². The number of nitrogens with one attached hydrogen (secondary N) is 1. The molecule has 0 radical (unpaired) electrons. The molecule has 1 aliphatic heterocycles. The molecule has 6 nitrogen and oxygen atoms in total. The van der Waals surface area contributed by atoms with E-state index >= 15 is 0 Å². The molecule has 150 valence electrons. The fourth-order valence-corrected chi connectivity index (χ4v) is 3.29. The van der Waals surface area contributed by atoms with Crippen molar-refractivity contribution in [3.05, 3.63) is 71.6 Å². The molecule has 4 rings (SSSR count). The first-order chi connectivity index (χ1) is 14.6. The number of hydrogen-bond acceptors (Lipinski definition) is 5. The van der Waals surface area contributed by atoms with Gasteiger partial charge in [0.2, 0.25) is 0 Å². The maximum atomic E-state index is 13.1. The SMILES string of the molecule is N#CC(=Cc1cc2ccccc2nc1N1CCOCC1)C(=O)Nc1ccc(F)cc1. The van der Waals surface area contributed by atoms with Crippen LogP contribution < -0.4 is 10.2 Å². The van der Waals surface area contributed by atoms with Crippen LogP contribution in [0.1, 0.15) is 5.56 Å². The fourth-order valence-electron chi connectivity index (χ4n) is 3.29. The Kier molecular flexibility index (Phi) is 5.68. The second-order valence-corrected chi connectivity index (χ2v) is 6.82. The number of carbonyl (C=O) groups is 1. The number of rotatable bonds is 4. The van der Waals surface area contributed by atoms with E-state index in [9.17, 15) is 14.4 Å². The molecule has 1 N–H and O–H groups in total. The van der Waals surface area contributed by atoms with Crippen molar-refractivity contribution in [3.8, 4) is 6.07 Å². The Labute approximate surface area is 173 Å². The van der Waals surface area contributed by atoms with Crippen molar-refractivity contribution in [2.24, 2.45) is 0 Å². The number of benzene rings is 2. The lowest BCUT2D eigenvalue weighted by molar-refractivity contribution is -0.112. The summed E-state index contributed by atoms with van der Waals surface area (Å²) in [6, 6.07) is 17.0. The summed E-state index contributed by atoms with van der Waals surface area (Å²) in [5, 5.41) is 13.1. The van der Waals surface area contributed by atoms with Gasteiger partial charge in [0.1, 0.15) is 23.3 Å². The van der Waals surface area contributed by atoms with Crippen LogP contribution in [0.5, 0.6) is 0 Å². The lowest BCUT2D eigenvalue weighted by atomic mass is 10.1. The number of nitriles is 1. The van der Waals surface area contributed by atoms with Crippen molar-refractivity contribution >= 4 is 34.4 Å². The molecule has 1 fully saturated rings. The highest BCUT2D eigenvalue weighted by Gasteiger charge is 2.18. The highest BCUT2D eigenvalue weighted by Crippen LogP contribution is 2.27. The van der Waals surface area contributed by atoms with Gasteiger partial charge < -0.3 is 15.0 Å². The zero-order valence-electron chi connectivity index (χ0n) is 16.1. The van der Waals surface area contributed by atoms with Gasteiger partial charge in [0, 0.05) is 29.7 Å². The molecule has 0 aliphatic carbocycles. The van der Waals surface area contributed by atoms with Gasteiger partial charge in [-0.2, -0.15) is 5.26 Å². The lowest BCUT2D eigenvalue weighted by Crippen LogP contribution is -2.37. The Balaban J connectivity index is 1.71. The molecule has 0 unspecified atom stereocenters. The van der Waals surface area contributed by atoms with Gasteiger partial charge in [0.15, 0.2) is 0 Å². The smallest absolute Gasteiger partial charge is 0.266 e. The van der Waals surface area contributed by atoms with Crippen molar-refractivity contribution in [1.29, 1.82) is 5.26 Å². The molecule has 0 spiro atoms. The Morgan fingerprint density at radius 1 is 1.17 bits per heavy atom. The first-order valence-electron chi connectivity index (χ1n) is 9.55. The zero-order valence-corrected chi connectivity index (χ0v) is 16.1. The third kappa shape index (κ3) is 4.29. The van der Waals surface area contributed by atoms with Gasteiger partial charge in [-0.05, 0) is 42.5 Å². The predicted molar refractivity (Wildman–Crippen MR) is 113 cm³/mol. The number of nitrogens with zero attached hydrogens (tertiary/aromatic N) is 3. The summed E-state index contributed by atoms with van der Waals surface area (Å²) in [7, 11) is 0. The number of halogens is 1. The number of carbonyl (C=O) groups excluding carboxylic acids is 1. The Morgan fingerprint density at radius 2 is 1.90 bits per heavy atom. The minimum atomic E-state index is -0.565. The van der Waals surface area contributed by atoms with Crippen LogP contribution >= 0.6 is 0 Å². The van der Waals surface area contributed by atoms with Gasteiger partial charge in [-0.1, -0.05) is 18.2 Å². The van der Waals surface area contributed by atoms with Crippen LogP contribution in [0.2, 0.25) is 0 Å². The molecule has 0 saturated carbocycles. The summed E-state index contributed by atoms with van der Waals surface area (Å²) in [4.78, 5) is 19.5. The van der Waals surface area contributed by atoms with Crippen LogP contribution in [0, 0.1) is 17.1 Å². The van der Waals surface area contributed by atoms with E-state index in [2.05, 4.69) is 10.2 Å². The van der Waals surface area contributed by atoms with Crippen LogP contribution in [0.4, 0.5) is 15.9 Å². The highest BCUT2D eigenvalue weighted by atomic mass is 19.1. The molecular weight excluding hydrogens is 383 g/mol. The second kappa shape index (κ2) is 8.72. The van der Waals surface area contributed by atoms with Gasteiger partial charge >= 0.3 is 0 Å². The predicted octanol–water partition coefficient (Wildman–Crippen LogP) is 3.76. The summed E-state index contributed by atoms with van der Waals surface area (Å²) in [6.07, 6.45) is 1.54. The molecule has 0 atom stereocenters. The van der Waals surface area contributed by atoms with E-state index in [4.69, 9.17) is 9.72 Å². The quantitative estimate of drug-likeness (QED) is 0.531. The van der Waals surface area contributed by atoms with Gasteiger partial charge in [0.25, 0.3) is 5.91 Å². The average molecular weight is 402 g/mol. The molecule has 0 bridgehead atoms. The molecular formula is C23H19FN4O2. The lowest BCUT2D eigenvalue weighted by Gasteiger charge is -2.29. The normalized spacial score (nSPS) is 14.4. The van der Waals surface area contributed by atoms with E-state index in [-0.39, 0.29) is 5.57 Å². The molecule has 1 amide bonds. The van der Waals surface area contributed by atoms with E-state index in [0.717, 1.165) is 10.9 Å². The number of para-hydroxylation sites is 1. The van der Waals surface area contributed by atoms with Crippen molar-refractivity contribution in [2.75, 3.05) is 36.5 Å². The van der Waals surface area contributed by atoms with Crippen molar-refractivity contribution in [1.82, 2.24) is 4.98 Å². The maximum Gasteiger partial charge on any atom is 0.266 e. The van der Waals surface area contributed by atoms with Gasteiger partial charge in [0.05, 0.1) is 18.7 Å². The average Bonchev–Trinajstić information content (AvgIpc) is 2.79. The summed E-state index contributed by atoms with van der Waals surface area (Å²) < 4.78 is 18.5. The number of aromatic nitrogens is 1. The van der Waals surface area contributed by atoms with E-state index in [1.807, 2.05) is 36.4 Å². The molecule has 2 heterocycles. The topological polar surface area (TPSA) is 78.2 Å². The van der Waals surface area contributed by atoms with Crippen molar-refractivity contribution in [3.63, 3.8) is 0 Å². The van der Waals surface area contributed by atoms with Crippen LogP contribution in [-0.4, -0.2) is 37.2 Å².